The number of aliphatic hydroxyl groups excluding tert-OH is 1. The van der Waals surface area contributed by atoms with Crippen molar-refractivity contribution in [2.75, 3.05) is 10.9 Å². The molecule has 0 fully saturated rings. The summed E-state index contributed by atoms with van der Waals surface area (Å²) in [5.41, 5.74) is 0.0248. The number of nitrogens with zero attached hydrogens (tertiary/aromatic N) is 1. The third-order valence-corrected chi connectivity index (χ3v) is 4.28. The highest BCUT2D eigenvalue weighted by molar-refractivity contribution is 7.82. The fourth-order valence-electron chi connectivity index (χ4n) is 2.29. The van der Waals surface area contributed by atoms with Crippen molar-refractivity contribution in [2.45, 2.75) is 19.1 Å². The van der Waals surface area contributed by atoms with E-state index in [1.807, 2.05) is 0 Å². The predicted octanol–water partition coefficient (Wildman–Crippen LogP) is 4.16. The first-order valence-corrected chi connectivity index (χ1v) is 8.46. The lowest BCUT2D eigenvalue weighted by Gasteiger charge is -2.19. The van der Waals surface area contributed by atoms with Crippen molar-refractivity contribution in [3.63, 3.8) is 0 Å². The Bertz CT molecular complexity index is 816. The average molecular weight is 421 g/mol. The molecule has 0 saturated carbocycles. The topological polar surface area (TPSA) is 72.8 Å². The molecule has 0 unspecified atom stereocenters. The van der Waals surface area contributed by atoms with Gasteiger partial charge in [-0.25, -0.2) is 9.10 Å². The molecule has 5 nitrogen and oxygen atoms in total. The number of thiol groups is 1. The van der Waals surface area contributed by atoms with Crippen LogP contribution in [0.15, 0.2) is 36.4 Å². The maximum atomic E-state index is 12.5. The number of aliphatic hydroxyl groups is 1. The number of phenolic OH excluding ortho intramolecular Hbond substituents is 1. The predicted molar refractivity (Wildman–Crippen MR) is 99.1 cm³/mol. The van der Waals surface area contributed by atoms with Crippen molar-refractivity contribution in [1.82, 2.24) is 5.32 Å². The van der Waals surface area contributed by atoms with Crippen LogP contribution in [0.25, 0.3) is 0 Å². The zero-order valence-corrected chi connectivity index (χ0v) is 15.4. The fourth-order valence-corrected chi connectivity index (χ4v) is 2.74. The number of rotatable bonds is 5. The number of benzene rings is 2. The Morgan fingerprint density at radius 1 is 1.22 bits per heavy atom. The minimum Gasteiger partial charge on any atom is -0.505 e. The van der Waals surface area contributed by atoms with Gasteiger partial charge in [-0.15, -0.1) is 0 Å². The molecule has 0 heterocycles. The number of hydrogen-bond donors (Lipinski definition) is 4. The number of carbonyl (C=O) groups excluding carboxylic acids is 1. The Morgan fingerprint density at radius 2 is 1.85 bits per heavy atom. The Morgan fingerprint density at radius 3 is 2.41 bits per heavy atom. The van der Waals surface area contributed by atoms with Gasteiger partial charge in [0.05, 0.1) is 5.56 Å². The molecule has 0 aliphatic heterocycles. The van der Waals surface area contributed by atoms with Crippen LogP contribution in [0.1, 0.15) is 16.7 Å². The van der Waals surface area contributed by atoms with Crippen LogP contribution >= 0.6 is 24.4 Å². The number of aromatic hydroxyl groups is 1. The van der Waals surface area contributed by atoms with Gasteiger partial charge in [0.15, 0.2) is 0 Å². The summed E-state index contributed by atoms with van der Waals surface area (Å²) in [7, 11) is 0. The zero-order valence-electron chi connectivity index (χ0n) is 13.8. The van der Waals surface area contributed by atoms with Crippen LogP contribution < -0.4 is 9.62 Å². The van der Waals surface area contributed by atoms with Crippen LogP contribution in [0.5, 0.6) is 5.75 Å². The summed E-state index contributed by atoms with van der Waals surface area (Å²) in [5.74, 6) is -0.256. The number of carbonyl (C=O) groups is 1. The van der Waals surface area contributed by atoms with Gasteiger partial charge in [-0.3, -0.25) is 0 Å². The molecule has 0 radical (unpaired) electrons. The number of hydrogen-bond acceptors (Lipinski definition) is 4. The van der Waals surface area contributed by atoms with E-state index in [-0.39, 0.29) is 36.0 Å². The fraction of sp³-hybridized carbons (Fsp3) is 0.235. The number of halogens is 4. The molecule has 2 aromatic rings. The van der Waals surface area contributed by atoms with Gasteiger partial charge < -0.3 is 15.5 Å². The van der Waals surface area contributed by atoms with Gasteiger partial charge in [-0.05, 0) is 41.8 Å². The van der Waals surface area contributed by atoms with Crippen LogP contribution in [-0.4, -0.2) is 22.9 Å². The molecule has 0 bridgehead atoms. The quantitative estimate of drug-likeness (QED) is 0.549. The van der Waals surface area contributed by atoms with Crippen molar-refractivity contribution in [3.8, 4) is 5.75 Å². The number of phenols is 1. The van der Waals surface area contributed by atoms with Crippen molar-refractivity contribution in [2.24, 2.45) is 0 Å². The number of nitrogens with one attached hydrogen (secondary N) is 1. The lowest BCUT2D eigenvalue weighted by atomic mass is 10.1. The maximum absolute atomic E-state index is 12.5. The summed E-state index contributed by atoms with van der Waals surface area (Å²) in [4.78, 5) is 12.2. The van der Waals surface area contributed by atoms with Gasteiger partial charge in [0.1, 0.15) is 11.4 Å². The Hall–Kier alpha value is -2.10. The molecular formula is C17H16ClF3N2O3S. The van der Waals surface area contributed by atoms with Gasteiger partial charge in [-0.2, -0.15) is 13.2 Å². The molecule has 146 valence electrons. The Kier molecular flexibility index (Phi) is 6.85. The van der Waals surface area contributed by atoms with Crippen molar-refractivity contribution >= 4 is 36.1 Å². The number of urea groups is 1. The number of alkyl halides is 3. The molecule has 0 saturated heterocycles. The van der Waals surface area contributed by atoms with E-state index >= 15 is 0 Å². The van der Waals surface area contributed by atoms with Crippen LogP contribution in [0.4, 0.5) is 23.7 Å². The monoisotopic (exact) mass is 420 g/mol. The van der Waals surface area contributed by atoms with E-state index in [4.69, 9.17) is 16.7 Å². The SMILES string of the molecule is O=C(NCc1ccc(C(F)(F)F)cc1)N(S)c1cc(Cl)cc(CCO)c1O. The third kappa shape index (κ3) is 5.44. The van der Waals surface area contributed by atoms with Crippen LogP contribution in [0, 0.1) is 0 Å². The summed E-state index contributed by atoms with van der Waals surface area (Å²) in [5, 5.41) is 21.9. The van der Waals surface area contributed by atoms with E-state index in [0.717, 1.165) is 16.4 Å². The van der Waals surface area contributed by atoms with E-state index in [2.05, 4.69) is 18.1 Å². The van der Waals surface area contributed by atoms with Crippen LogP contribution in [0.3, 0.4) is 0 Å². The van der Waals surface area contributed by atoms with E-state index in [0.29, 0.717) is 11.1 Å². The second-order valence-corrected chi connectivity index (χ2v) is 6.41. The number of amides is 2. The molecule has 2 amide bonds. The van der Waals surface area contributed by atoms with Gasteiger partial charge >= 0.3 is 12.2 Å². The van der Waals surface area contributed by atoms with Crippen molar-refractivity contribution < 1.29 is 28.2 Å². The van der Waals surface area contributed by atoms with E-state index < -0.39 is 17.8 Å². The molecule has 0 aliphatic carbocycles. The molecule has 0 atom stereocenters. The first-order valence-electron chi connectivity index (χ1n) is 7.68. The minimum atomic E-state index is -4.43. The maximum Gasteiger partial charge on any atom is 0.416 e. The van der Waals surface area contributed by atoms with Gasteiger partial charge in [-0.1, -0.05) is 36.5 Å². The lowest BCUT2D eigenvalue weighted by Crippen LogP contribution is -2.33. The van der Waals surface area contributed by atoms with E-state index in [1.165, 1.54) is 24.3 Å². The minimum absolute atomic E-state index is 0.0132. The first-order chi connectivity index (χ1) is 12.6. The largest absolute Gasteiger partial charge is 0.505 e. The standard InChI is InChI=1S/C17H16ClF3N2O3S/c18-13-7-11(5-6-24)15(25)14(8-13)23(27)16(26)22-9-10-1-3-12(4-2-10)17(19,20)21/h1-4,7-8,24-25,27H,5-6,9H2,(H,22,26). The summed E-state index contributed by atoms with van der Waals surface area (Å²) in [6.07, 6.45) is -4.30. The first kappa shape index (κ1) is 21.2. The zero-order chi connectivity index (χ0) is 20.2. The molecular weight excluding hydrogens is 405 g/mol. The Balaban J connectivity index is 2.08. The van der Waals surface area contributed by atoms with Crippen molar-refractivity contribution in [3.05, 3.63) is 58.1 Å². The van der Waals surface area contributed by atoms with Gasteiger partial charge in [0, 0.05) is 18.2 Å². The van der Waals surface area contributed by atoms with Crippen molar-refractivity contribution in [1.29, 1.82) is 0 Å². The highest BCUT2D eigenvalue weighted by Crippen LogP contribution is 2.35. The molecule has 0 spiro atoms. The van der Waals surface area contributed by atoms with E-state index in [1.54, 1.807) is 0 Å². The molecule has 3 N–H and O–H groups in total. The second kappa shape index (κ2) is 8.73. The highest BCUT2D eigenvalue weighted by Gasteiger charge is 2.30. The van der Waals surface area contributed by atoms with Crippen LogP contribution in [-0.2, 0) is 19.1 Å². The molecule has 2 aromatic carbocycles. The van der Waals surface area contributed by atoms with Crippen LogP contribution in [0.2, 0.25) is 5.02 Å². The summed E-state index contributed by atoms with van der Waals surface area (Å²) in [6, 6.07) is 6.41. The van der Waals surface area contributed by atoms with Gasteiger partial charge in [0.25, 0.3) is 0 Å². The summed E-state index contributed by atoms with van der Waals surface area (Å²) < 4.78 is 38.5. The molecule has 0 aliphatic rings. The second-order valence-electron chi connectivity index (χ2n) is 5.57. The van der Waals surface area contributed by atoms with E-state index in [9.17, 15) is 23.1 Å². The highest BCUT2D eigenvalue weighted by atomic mass is 35.5. The lowest BCUT2D eigenvalue weighted by molar-refractivity contribution is -0.137. The van der Waals surface area contributed by atoms with Gasteiger partial charge in [0.2, 0.25) is 0 Å². The molecule has 0 aromatic heterocycles. The smallest absolute Gasteiger partial charge is 0.416 e. The molecule has 27 heavy (non-hydrogen) atoms. The molecule has 2 rings (SSSR count). The summed E-state index contributed by atoms with van der Waals surface area (Å²) >= 11 is 9.99. The normalized spacial score (nSPS) is 11.3. The average Bonchev–Trinajstić information content (AvgIpc) is 2.61. The molecule has 10 heteroatoms. The Labute approximate surface area is 163 Å². The number of anilines is 1. The summed E-state index contributed by atoms with van der Waals surface area (Å²) in [6.45, 7) is -0.265. The third-order valence-electron chi connectivity index (χ3n) is 3.66.